The van der Waals surface area contributed by atoms with E-state index in [1.807, 2.05) is 0 Å². The van der Waals surface area contributed by atoms with Gasteiger partial charge in [-0.25, -0.2) is 0 Å². The fraction of sp³-hybridized carbons (Fsp3) is 0. The van der Waals surface area contributed by atoms with Gasteiger partial charge in [-0.2, -0.15) is 0 Å². The molecule has 0 aromatic heterocycles. The Morgan fingerprint density at radius 1 is 0.391 bits per heavy atom. The molecule has 0 heterocycles. The summed E-state index contributed by atoms with van der Waals surface area (Å²) < 4.78 is 24.4. The van der Waals surface area contributed by atoms with E-state index in [0.717, 1.165) is 37.5 Å². The summed E-state index contributed by atoms with van der Waals surface area (Å²) in [5.74, 6) is 0. The summed E-state index contributed by atoms with van der Waals surface area (Å²) in [5, 5.41) is 50.9. The van der Waals surface area contributed by atoms with Crippen molar-refractivity contribution in [1.82, 2.24) is 0 Å². The van der Waals surface area contributed by atoms with Gasteiger partial charge in [0.05, 0.1) is 0 Å². The Morgan fingerprint density at radius 3 is 0.609 bits per heavy atom. The molecule has 0 aliphatic carbocycles. The first-order valence-corrected chi connectivity index (χ1v) is 7.69. The first kappa shape index (κ1) is 36.8. The Morgan fingerprint density at radius 2 is 0.522 bits per heavy atom. The van der Waals surface area contributed by atoms with Crippen molar-refractivity contribution in [1.29, 1.82) is 31.6 Å². The second kappa shape index (κ2) is 15.9. The van der Waals surface area contributed by atoms with Crippen LogP contribution in [0.5, 0.6) is 0 Å². The van der Waals surface area contributed by atoms with E-state index in [9.17, 15) is 0 Å². The molecule has 0 saturated heterocycles. The second-order valence-corrected chi connectivity index (χ2v) is 8.34. The molecule has 0 N–H and O–H groups in total. The third kappa shape index (κ3) is 8.64. The Hall–Kier alpha value is 2.91. The third-order valence-electron chi connectivity index (χ3n) is 1.08. The largest absolute Gasteiger partial charge is 1.00 e. The van der Waals surface area contributed by atoms with Crippen LogP contribution < -0.4 is 206 Å². The van der Waals surface area contributed by atoms with Crippen LogP contribution >= 0.6 is 0 Å². The molecule has 0 unspecified atom stereocenters. The van der Waals surface area contributed by atoms with Crippen LogP contribution in [0.25, 0.3) is 0 Å². The Balaban J connectivity index is -0.000000270. The van der Waals surface area contributed by atoms with Crippen molar-refractivity contribution < 1.29 is 242 Å². The summed E-state index contributed by atoms with van der Waals surface area (Å²) in [4.78, 5) is 0. The molecule has 0 aliphatic heterocycles. The summed E-state index contributed by atoms with van der Waals surface area (Å²) in [5.41, 5.74) is 0. The van der Waals surface area contributed by atoms with Gasteiger partial charge in [0.2, 0.25) is 0 Å². The Labute approximate surface area is 301 Å². The molecular formula is C6K4N6O6Ru. The molecule has 0 amide bonds. The molecule has 0 aliphatic rings. The summed E-state index contributed by atoms with van der Waals surface area (Å²) in [6, 6.07) is 0. The van der Waals surface area contributed by atoms with Gasteiger partial charge in [-0.15, -0.1) is 0 Å². The van der Waals surface area contributed by atoms with Crippen molar-refractivity contribution in [2.45, 2.75) is 0 Å². The molecule has 0 bridgehead atoms. The quantitative estimate of drug-likeness (QED) is 0.242. The normalized spacial score (nSPS) is 9.65. The predicted molar refractivity (Wildman–Crippen MR) is 40.2 cm³/mol. The summed E-state index contributed by atoms with van der Waals surface area (Å²) in [6.45, 7) is 0. The zero-order valence-electron chi connectivity index (χ0n) is 12.5. The van der Waals surface area contributed by atoms with Crippen LogP contribution in [-0.2, 0) is 36.0 Å². The Kier molecular flexibility index (Phi) is 25.4. The zero-order chi connectivity index (χ0) is 14.9. The van der Waals surface area contributed by atoms with E-state index in [4.69, 9.17) is 31.6 Å². The minimum absolute atomic E-state index is 0. The van der Waals surface area contributed by atoms with E-state index < -0.39 is 14.6 Å². The van der Waals surface area contributed by atoms with Crippen molar-refractivity contribution in [2.75, 3.05) is 0 Å². The molecule has 0 atom stereocenters. The van der Waals surface area contributed by atoms with Gasteiger partial charge in [0.15, 0.2) is 0 Å². The summed E-state index contributed by atoms with van der Waals surface area (Å²) >= 11 is -7.82. The van der Waals surface area contributed by atoms with Crippen LogP contribution in [0.1, 0.15) is 0 Å². The van der Waals surface area contributed by atoms with Crippen LogP contribution in [0.15, 0.2) is 0 Å². The van der Waals surface area contributed by atoms with Crippen LogP contribution in [0, 0.1) is 69.1 Å². The molecule has 0 spiro atoms. The smallest absolute Gasteiger partial charge is 1.00 e. The van der Waals surface area contributed by atoms with Gasteiger partial charge < -0.3 is 0 Å². The average Bonchev–Trinajstić information content (AvgIpc) is 2.31. The van der Waals surface area contributed by atoms with Gasteiger partial charge in [-0.05, 0) is 0 Å². The fourth-order valence-corrected chi connectivity index (χ4v) is 3.65. The van der Waals surface area contributed by atoms with Crippen molar-refractivity contribution in [3.05, 3.63) is 0 Å². The summed E-state index contributed by atoms with van der Waals surface area (Å²) in [6.07, 6.45) is 4.87. The molecule has 0 fully saturated rings. The van der Waals surface area contributed by atoms with Gasteiger partial charge in [-0.3, -0.25) is 0 Å². The monoisotopic (exact) mass is 510 g/mol. The van der Waals surface area contributed by atoms with Crippen molar-refractivity contribution >= 4 is 0 Å². The second-order valence-electron chi connectivity index (χ2n) is 1.86. The third-order valence-corrected chi connectivity index (χ3v) is 6.37. The summed E-state index contributed by atoms with van der Waals surface area (Å²) in [7, 11) is 0. The number of nitrogens with zero attached hydrogens (tertiary/aromatic N) is 6. The molecule has 0 rings (SSSR count). The number of rotatable bonds is 6. The van der Waals surface area contributed by atoms with E-state index in [-0.39, 0.29) is 206 Å². The topological polar surface area (TPSA) is 198 Å². The minimum Gasteiger partial charge on any atom is 1.00 e. The Bertz CT molecular complexity index is 490. The maximum absolute atomic E-state index is 8.49. The van der Waals surface area contributed by atoms with E-state index in [1.165, 1.54) is 0 Å². The van der Waals surface area contributed by atoms with Crippen LogP contribution in [0.2, 0.25) is 0 Å². The predicted octanol–water partition coefficient (Wildman–Crippen LogP) is -12.3. The molecular weight excluding hydrogens is 510 g/mol. The van der Waals surface area contributed by atoms with Gasteiger partial charge in [0, 0.05) is 0 Å². The number of hydrogen-bond donors (Lipinski definition) is 0. The van der Waals surface area contributed by atoms with E-state index in [1.54, 1.807) is 0 Å². The number of hydrogen-bond acceptors (Lipinski definition) is 12. The molecule has 0 aromatic carbocycles. The molecule has 23 heavy (non-hydrogen) atoms. The van der Waals surface area contributed by atoms with Crippen molar-refractivity contribution in [3.8, 4) is 37.5 Å². The average molecular weight is 510 g/mol. The zero-order valence-corrected chi connectivity index (χ0v) is 26.7. The molecule has 17 heteroatoms. The first-order chi connectivity index (χ1) is 8.97. The fourth-order valence-electron chi connectivity index (χ4n) is 0.616. The minimum atomic E-state index is -7.82. The molecule has 0 radical (unpaired) electrons. The van der Waals surface area contributed by atoms with E-state index >= 15 is 0 Å². The maximum atomic E-state index is 8.49. The molecule has 102 valence electrons. The van der Waals surface area contributed by atoms with Gasteiger partial charge in [0.1, 0.15) is 0 Å². The molecule has 12 nitrogen and oxygen atoms in total. The van der Waals surface area contributed by atoms with Crippen molar-refractivity contribution in [3.63, 3.8) is 0 Å². The first-order valence-electron chi connectivity index (χ1n) is 3.43. The SMILES string of the molecule is N#C[O][Ru-4]([O]C#N)([O]C#N)([O]C#N)([O]C#N)[O]C#N.[K+].[K+].[K+].[K+]. The maximum Gasteiger partial charge on any atom is 1.00 e. The number of nitriles is 6. The van der Waals surface area contributed by atoms with Gasteiger partial charge >= 0.3 is 311 Å². The van der Waals surface area contributed by atoms with Gasteiger partial charge in [0.25, 0.3) is 0 Å². The van der Waals surface area contributed by atoms with Crippen molar-refractivity contribution in [2.24, 2.45) is 0 Å². The van der Waals surface area contributed by atoms with E-state index in [2.05, 4.69) is 21.4 Å². The standard InChI is InChI=1S/6CHNO.4K.Ru/c6*2-1-3;;;;;/h6*3H;;;;;/q;;;;;;4*+1;+2/p-6. The van der Waals surface area contributed by atoms with E-state index in [0.29, 0.717) is 0 Å². The van der Waals surface area contributed by atoms with Crippen LogP contribution in [0.4, 0.5) is 0 Å². The van der Waals surface area contributed by atoms with Crippen LogP contribution in [0.3, 0.4) is 0 Å². The van der Waals surface area contributed by atoms with Gasteiger partial charge in [-0.1, -0.05) is 0 Å². The van der Waals surface area contributed by atoms with Crippen LogP contribution in [-0.4, -0.2) is 0 Å². The molecule has 0 saturated carbocycles. The molecule has 0 aromatic rings.